The molecule has 0 saturated carbocycles. The monoisotopic (exact) mass is 379 g/mol. The molecule has 2 aromatic rings. The highest BCUT2D eigenvalue weighted by molar-refractivity contribution is 5.85. The predicted octanol–water partition coefficient (Wildman–Crippen LogP) is 3.44. The molecule has 26 heavy (non-hydrogen) atoms. The molecule has 1 aliphatic heterocycles. The maximum atomic E-state index is 13.1. The van der Waals surface area contributed by atoms with Crippen molar-refractivity contribution >= 4 is 18.3 Å². The summed E-state index contributed by atoms with van der Waals surface area (Å²) in [6, 6.07) is 9.83. The molecule has 3 rings (SSSR count). The number of carbonyl (C=O) groups is 1. The minimum Gasteiger partial charge on any atom is -0.439 e. The van der Waals surface area contributed by atoms with E-state index in [1.54, 1.807) is 24.4 Å². The first-order valence-electron chi connectivity index (χ1n) is 8.49. The van der Waals surface area contributed by atoms with Crippen molar-refractivity contribution in [3.8, 4) is 11.6 Å². The van der Waals surface area contributed by atoms with Crippen LogP contribution >= 0.6 is 12.4 Å². The Hall–Kier alpha value is -2.18. The molecule has 1 aliphatic rings. The number of nitrogens with one attached hydrogen (secondary N) is 2. The van der Waals surface area contributed by atoms with Gasteiger partial charge >= 0.3 is 0 Å². The maximum absolute atomic E-state index is 13.1. The van der Waals surface area contributed by atoms with Gasteiger partial charge in [0.05, 0.1) is 0 Å². The fraction of sp³-hybridized carbons (Fsp3) is 0.368. The summed E-state index contributed by atoms with van der Waals surface area (Å²) in [5.41, 5.74) is 0.891. The molecule has 1 aromatic heterocycles. The third-order valence-corrected chi connectivity index (χ3v) is 4.28. The second-order valence-corrected chi connectivity index (χ2v) is 6.36. The van der Waals surface area contributed by atoms with Gasteiger partial charge in [-0.3, -0.25) is 4.79 Å². The molecule has 2 N–H and O–H groups in total. The molecule has 0 radical (unpaired) electrons. The van der Waals surface area contributed by atoms with Crippen molar-refractivity contribution in [1.29, 1.82) is 0 Å². The Morgan fingerprint density at radius 1 is 1.38 bits per heavy atom. The zero-order valence-corrected chi connectivity index (χ0v) is 15.4. The van der Waals surface area contributed by atoms with Crippen molar-refractivity contribution in [2.75, 3.05) is 6.54 Å². The fourth-order valence-electron chi connectivity index (χ4n) is 2.93. The van der Waals surface area contributed by atoms with E-state index in [9.17, 15) is 9.18 Å². The number of hydrogen-bond acceptors (Lipinski definition) is 4. The van der Waals surface area contributed by atoms with Crippen LogP contribution in [0.2, 0.25) is 0 Å². The zero-order valence-electron chi connectivity index (χ0n) is 14.6. The van der Waals surface area contributed by atoms with Crippen LogP contribution in [0.15, 0.2) is 42.6 Å². The number of nitrogens with zero attached hydrogens (tertiary/aromatic N) is 1. The number of amides is 1. The lowest BCUT2D eigenvalue weighted by Crippen LogP contribution is -2.42. The van der Waals surface area contributed by atoms with Crippen molar-refractivity contribution in [3.63, 3.8) is 0 Å². The van der Waals surface area contributed by atoms with Gasteiger partial charge < -0.3 is 15.4 Å². The number of hydrogen-bond donors (Lipinski definition) is 2. The van der Waals surface area contributed by atoms with Crippen LogP contribution in [0, 0.1) is 11.7 Å². The molecule has 140 valence electrons. The van der Waals surface area contributed by atoms with E-state index in [1.807, 2.05) is 6.07 Å². The Morgan fingerprint density at radius 3 is 2.92 bits per heavy atom. The van der Waals surface area contributed by atoms with Gasteiger partial charge in [0.15, 0.2) is 0 Å². The highest BCUT2D eigenvalue weighted by Crippen LogP contribution is 2.20. The quantitative estimate of drug-likeness (QED) is 0.835. The average Bonchev–Trinajstić information content (AvgIpc) is 2.61. The lowest BCUT2D eigenvalue weighted by Gasteiger charge is -2.27. The Kier molecular flexibility index (Phi) is 7.36. The molecule has 0 unspecified atom stereocenters. The van der Waals surface area contributed by atoms with Gasteiger partial charge in [-0.1, -0.05) is 12.1 Å². The third kappa shape index (κ3) is 5.68. The molecule has 2 atom stereocenters. The molecule has 1 fully saturated rings. The molecule has 0 spiro atoms. The summed E-state index contributed by atoms with van der Waals surface area (Å²) in [6.07, 6.45) is 3.39. The standard InChI is InChI=1S/C19H22FN3O2.ClH/c1-13-9-15(7-8-21-13)19(24)23-12-14-5-6-18(22-11-14)25-17-4-2-3-16(20)10-17;/h2-6,10-11,13,15,21H,7-9,12H2,1H3,(H,23,24);1H/t13-,15-;/m0./s1. The third-order valence-electron chi connectivity index (χ3n) is 4.28. The van der Waals surface area contributed by atoms with Crippen LogP contribution in [0.3, 0.4) is 0 Å². The summed E-state index contributed by atoms with van der Waals surface area (Å²) < 4.78 is 18.6. The van der Waals surface area contributed by atoms with Gasteiger partial charge in [-0.25, -0.2) is 9.37 Å². The zero-order chi connectivity index (χ0) is 17.6. The summed E-state index contributed by atoms with van der Waals surface area (Å²) in [4.78, 5) is 16.4. The van der Waals surface area contributed by atoms with Gasteiger partial charge in [0, 0.05) is 36.8 Å². The molecule has 7 heteroatoms. The van der Waals surface area contributed by atoms with Crippen molar-refractivity contribution in [2.45, 2.75) is 32.4 Å². The second-order valence-electron chi connectivity index (χ2n) is 6.36. The molecular weight excluding hydrogens is 357 g/mol. The molecule has 1 aromatic carbocycles. The van der Waals surface area contributed by atoms with Crippen molar-refractivity contribution in [3.05, 3.63) is 54.0 Å². The summed E-state index contributed by atoms with van der Waals surface area (Å²) in [7, 11) is 0. The van der Waals surface area contributed by atoms with E-state index in [0.29, 0.717) is 24.2 Å². The molecule has 1 saturated heterocycles. The van der Waals surface area contributed by atoms with E-state index in [1.165, 1.54) is 12.1 Å². The van der Waals surface area contributed by atoms with Gasteiger partial charge in [-0.2, -0.15) is 0 Å². The van der Waals surface area contributed by atoms with Crippen LogP contribution in [0.1, 0.15) is 25.3 Å². The Balaban J connectivity index is 0.00000243. The van der Waals surface area contributed by atoms with Crippen molar-refractivity contribution in [1.82, 2.24) is 15.6 Å². The first-order chi connectivity index (χ1) is 12.1. The number of rotatable bonds is 5. The van der Waals surface area contributed by atoms with Gasteiger partial charge in [0.1, 0.15) is 11.6 Å². The largest absolute Gasteiger partial charge is 0.439 e. The number of aromatic nitrogens is 1. The van der Waals surface area contributed by atoms with Crippen LogP contribution in [0.4, 0.5) is 4.39 Å². The SMILES string of the molecule is C[C@H]1C[C@@H](C(=O)NCc2ccc(Oc3cccc(F)c3)nc2)CCN1.Cl. The maximum Gasteiger partial charge on any atom is 0.223 e. The molecular formula is C19H23ClFN3O2. The van der Waals surface area contributed by atoms with Crippen LogP contribution in [-0.4, -0.2) is 23.5 Å². The van der Waals surface area contributed by atoms with E-state index in [-0.39, 0.29) is 30.0 Å². The number of ether oxygens (including phenoxy) is 1. The van der Waals surface area contributed by atoms with E-state index >= 15 is 0 Å². The van der Waals surface area contributed by atoms with Gasteiger partial charge in [0.2, 0.25) is 11.8 Å². The minimum absolute atomic E-state index is 0. The first-order valence-corrected chi connectivity index (χ1v) is 8.49. The average molecular weight is 380 g/mol. The van der Waals surface area contributed by atoms with Gasteiger partial charge in [-0.05, 0) is 44.0 Å². The number of benzene rings is 1. The Bertz CT molecular complexity index is 727. The fourth-order valence-corrected chi connectivity index (χ4v) is 2.93. The molecule has 5 nitrogen and oxygen atoms in total. The second kappa shape index (κ2) is 9.50. The summed E-state index contributed by atoms with van der Waals surface area (Å²) in [5, 5.41) is 6.31. The molecule has 2 heterocycles. The minimum atomic E-state index is -0.357. The van der Waals surface area contributed by atoms with E-state index in [2.05, 4.69) is 22.5 Å². The Morgan fingerprint density at radius 2 is 2.23 bits per heavy atom. The van der Waals surface area contributed by atoms with Gasteiger partial charge in [0.25, 0.3) is 0 Å². The first kappa shape index (κ1) is 20.1. The summed E-state index contributed by atoms with van der Waals surface area (Å²) >= 11 is 0. The van der Waals surface area contributed by atoms with E-state index < -0.39 is 0 Å². The van der Waals surface area contributed by atoms with E-state index in [0.717, 1.165) is 24.9 Å². The van der Waals surface area contributed by atoms with Gasteiger partial charge in [-0.15, -0.1) is 12.4 Å². The highest BCUT2D eigenvalue weighted by atomic mass is 35.5. The summed E-state index contributed by atoms with van der Waals surface area (Å²) in [6.45, 7) is 3.41. The lowest BCUT2D eigenvalue weighted by atomic mass is 9.92. The number of piperidine rings is 1. The summed E-state index contributed by atoms with van der Waals surface area (Å²) in [5.74, 6) is 0.582. The highest BCUT2D eigenvalue weighted by Gasteiger charge is 2.24. The normalized spacial score (nSPS) is 19.3. The smallest absolute Gasteiger partial charge is 0.223 e. The van der Waals surface area contributed by atoms with Crippen molar-refractivity contribution < 1.29 is 13.9 Å². The lowest BCUT2D eigenvalue weighted by molar-refractivity contribution is -0.126. The Labute approximate surface area is 158 Å². The predicted molar refractivity (Wildman–Crippen MR) is 100.0 cm³/mol. The topological polar surface area (TPSA) is 63.2 Å². The van der Waals surface area contributed by atoms with Crippen LogP contribution in [-0.2, 0) is 11.3 Å². The van der Waals surface area contributed by atoms with Crippen LogP contribution in [0.25, 0.3) is 0 Å². The number of halogens is 2. The number of pyridine rings is 1. The van der Waals surface area contributed by atoms with Crippen LogP contribution in [0.5, 0.6) is 11.6 Å². The van der Waals surface area contributed by atoms with E-state index in [4.69, 9.17) is 4.74 Å². The van der Waals surface area contributed by atoms with Crippen molar-refractivity contribution in [2.24, 2.45) is 5.92 Å². The van der Waals surface area contributed by atoms with Crippen LogP contribution < -0.4 is 15.4 Å². The number of carbonyl (C=O) groups excluding carboxylic acids is 1. The molecule has 1 amide bonds. The molecule has 0 bridgehead atoms. The molecule has 0 aliphatic carbocycles.